The molecule has 2 aromatic rings. The second kappa shape index (κ2) is 6.99. The molecule has 0 saturated heterocycles. The van der Waals surface area contributed by atoms with Crippen LogP contribution in [0.4, 0.5) is 23.2 Å². The lowest BCUT2D eigenvalue weighted by atomic mass is 10.2. The lowest BCUT2D eigenvalue weighted by Crippen LogP contribution is -2.30. The van der Waals surface area contributed by atoms with Gasteiger partial charge in [0.2, 0.25) is 0 Å². The highest BCUT2D eigenvalue weighted by molar-refractivity contribution is 9.10. The largest absolute Gasteiger partial charge is 0.487 e. The Morgan fingerprint density at radius 1 is 1.17 bits per heavy atom. The molecule has 1 amide bonds. The molecule has 122 valence electrons. The van der Waals surface area contributed by atoms with E-state index in [2.05, 4.69) is 15.9 Å². The van der Waals surface area contributed by atoms with Crippen molar-refractivity contribution >= 4 is 27.5 Å². The maximum Gasteiger partial charge on any atom is 0.471 e. The van der Waals surface area contributed by atoms with Crippen LogP contribution in [0.1, 0.15) is 5.56 Å². The van der Waals surface area contributed by atoms with Crippen LogP contribution in [-0.4, -0.2) is 12.1 Å². The quantitative estimate of drug-likeness (QED) is 0.769. The summed E-state index contributed by atoms with van der Waals surface area (Å²) in [5, 5.41) is 1.50. The summed E-state index contributed by atoms with van der Waals surface area (Å²) < 4.78 is 56.5. The first kappa shape index (κ1) is 17.3. The van der Waals surface area contributed by atoms with E-state index in [1.54, 1.807) is 30.3 Å². The first-order valence-electron chi connectivity index (χ1n) is 6.31. The van der Waals surface area contributed by atoms with Crippen molar-refractivity contribution in [1.82, 2.24) is 0 Å². The van der Waals surface area contributed by atoms with E-state index in [0.29, 0.717) is 0 Å². The van der Waals surface area contributed by atoms with E-state index in [1.807, 2.05) is 0 Å². The highest BCUT2D eigenvalue weighted by Gasteiger charge is 2.39. The molecule has 3 nitrogen and oxygen atoms in total. The second-order valence-corrected chi connectivity index (χ2v) is 5.40. The van der Waals surface area contributed by atoms with E-state index in [9.17, 15) is 22.4 Å². The van der Waals surface area contributed by atoms with E-state index in [0.717, 1.165) is 11.6 Å². The van der Waals surface area contributed by atoms with Crippen LogP contribution in [0.5, 0.6) is 5.75 Å². The van der Waals surface area contributed by atoms with Crippen molar-refractivity contribution < 1.29 is 27.1 Å². The molecule has 0 aliphatic carbocycles. The predicted molar refractivity (Wildman–Crippen MR) is 79.6 cm³/mol. The molecule has 0 fully saturated rings. The zero-order valence-corrected chi connectivity index (χ0v) is 13.0. The van der Waals surface area contributed by atoms with Crippen molar-refractivity contribution in [3.8, 4) is 5.75 Å². The van der Waals surface area contributed by atoms with Gasteiger partial charge in [0, 0.05) is 4.47 Å². The van der Waals surface area contributed by atoms with Crippen LogP contribution >= 0.6 is 15.9 Å². The van der Waals surface area contributed by atoms with Gasteiger partial charge in [0.05, 0.1) is 0 Å². The molecule has 0 atom stereocenters. The average Bonchev–Trinajstić information content (AvgIpc) is 2.48. The SMILES string of the molecule is O=C(Nc1c(F)cc(Br)cc1OCc1ccccc1)C(F)(F)F. The van der Waals surface area contributed by atoms with E-state index < -0.39 is 23.6 Å². The maximum absolute atomic E-state index is 13.9. The Morgan fingerprint density at radius 3 is 2.43 bits per heavy atom. The van der Waals surface area contributed by atoms with Crippen molar-refractivity contribution in [3.63, 3.8) is 0 Å². The number of rotatable bonds is 4. The van der Waals surface area contributed by atoms with Crippen molar-refractivity contribution in [1.29, 1.82) is 0 Å². The molecule has 8 heteroatoms. The molecule has 0 unspecified atom stereocenters. The van der Waals surface area contributed by atoms with Gasteiger partial charge in [-0.1, -0.05) is 46.3 Å². The Balaban J connectivity index is 2.25. The monoisotopic (exact) mass is 391 g/mol. The van der Waals surface area contributed by atoms with Crippen LogP contribution in [0.25, 0.3) is 0 Å². The second-order valence-electron chi connectivity index (χ2n) is 4.49. The van der Waals surface area contributed by atoms with Crippen LogP contribution in [0.3, 0.4) is 0 Å². The Labute approximate surface area is 137 Å². The molecule has 0 aliphatic rings. The minimum Gasteiger partial charge on any atom is -0.487 e. The zero-order chi connectivity index (χ0) is 17.0. The summed E-state index contributed by atoms with van der Waals surface area (Å²) in [4.78, 5) is 11.0. The summed E-state index contributed by atoms with van der Waals surface area (Å²) in [5.74, 6) is -3.53. The highest BCUT2D eigenvalue weighted by atomic mass is 79.9. The first-order chi connectivity index (χ1) is 10.8. The fourth-order valence-corrected chi connectivity index (χ4v) is 2.11. The number of hydrogen-bond acceptors (Lipinski definition) is 2. The van der Waals surface area contributed by atoms with Crippen molar-refractivity contribution in [3.05, 3.63) is 58.3 Å². The standard InChI is InChI=1S/C15H10BrF4NO2/c16-10-6-11(17)13(21-14(22)15(18,19)20)12(7-10)23-8-9-4-2-1-3-5-9/h1-7H,8H2,(H,21,22). The first-order valence-corrected chi connectivity index (χ1v) is 7.10. The number of hydrogen-bond donors (Lipinski definition) is 1. The van der Waals surface area contributed by atoms with Gasteiger partial charge in [-0.2, -0.15) is 13.2 Å². The molecule has 0 aromatic heterocycles. The summed E-state index contributed by atoms with van der Waals surface area (Å²) in [5.41, 5.74) is 0.0763. The molecule has 2 aromatic carbocycles. The smallest absolute Gasteiger partial charge is 0.471 e. The third-order valence-electron chi connectivity index (χ3n) is 2.75. The molecule has 0 saturated carbocycles. The number of amides is 1. The van der Waals surface area contributed by atoms with Gasteiger partial charge < -0.3 is 10.1 Å². The third kappa shape index (κ3) is 4.69. The van der Waals surface area contributed by atoms with E-state index in [1.165, 1.54) is 11.4 Å². The van der Waals surface area contributed by atoms with Gasteiger partial charge in [-0.05, 0) is 17.7 Å². The fourth-order valence-electron chi connectivity index (χ4n) is 1.70. The molecule has 1 N–H and O–H groups in total. The minimum absolute atomic E-state index is 0.00558. The predicted octanol–water partition coefficient (Wildman–Crippen LogP) is 4.67. The van der Waals surface area contributed by atoms with Crippen molar-refractivity contribution in [2.75, 3.05) is 5.32 Å². The Hall–Kier alpha value is -2.09. The van der Waals surface area contributed by atoms with E-state index in [4.69, 9.17) is 4.74 Å². The minimum atomic E-state index is -5.13. The fraction of sp³-hybridized carbons (Fsp3) is 0.133. The molecule has 0 heterocycles. The Kier molecular flexibility index (Phi) is 5.25. The van der Waals surface area contributed by atoms with E-state index in [-0.39, 0.29) is 16.8 Å². The van der Waals surface area contributed by atoms with Gasteiger partial charge in [-0.3, -0.25) is 4.79 Å². The highest BCUT2D eigenvalue weighted by Crippen LogP contribution is 2.33. The van der Waals surface area contributed by atoms with Gasteiger partial charge in [-0.15, -0.1) is 0 Å². The molecule has 23 heavy (non-hydrogen) atoms. The third-order valence-corrected chi connectivity index (χ3v) is 3.21. The van der Waals surface area contributed by atoms with Gasteiger partial charge in [0.1, 0.15) is 18.0 Å². The number of ether oxygens (including phenoxy) is 1. The van der Waals surface area contributed by atoms with Crippen molar-refractivity contribution in [2.45, 2.75) is 12.8 Å². The molecule has 0 bridgehead atoms. The van der Waals surface area contributed by atoms with Crippen LogP contribution in [0, 0.1) is 5.82 Å². The summed E-state index contributed by atoms with van der Waals surface area (Å²) in [7, 11) is 0. The number of halogens is 5. The number of nitrogens with one attached hydrogen (secondary N) is 1. The van der Waals surface area contributed by atoms with Gasteiger partial charge in [0.15, 0.2) is 5.82 Å². The van der Waals surface area contributed by atoms with Gasteiger partial charge >= 0.3 is 12.1 Å². The number of anilines is 1. The summed E-state index contributed by atoms with van der Waals surface area (Å²) in [6.45, 7) is 0.00558. The Bertz CT molecular complexity index is 705. The molecule has 0 radical (unpaired) electrons. The van der Waals surface area contributed by atoms with Crippen LogP contribution in [0.2, 0.25) is 0 Å². The lowest BCUT2D eigenvalue weighted by Gasteiger charge is -2.15. The van der Waals surface area contributed by atoms with Gasteiger partial charge in [0.25, 0.3) is 0 Å². The number of benzene rings is 2. The molecule has 0 spiro atoms. The molecule has 0 aliphatic heterocycles. The lowest BCUT2D eigenvalue weighted by molar-refractivity contribution is -0.167. The average molecular weight is 392 g/mol. The van der Waals surface area contributed by atoms with Crippen molar-refractivity contribution in [2.24, 2.45) is 0 Å². The Morgan fingerprint density at radius 2 is 1.83 bits per heavy atom. The van der Waals surface area contributed by atoms with Gasteiger partial charge in [-0.25, -0.2) is 4.39 Å². The molecular formula is C15H10BrF4NO2. The number of alkyl halides is 3. The normalized spacial score (nSPS) is 11.2. The van der Waals surface area contributed by atoms with Crippen LogP contribution < -0.4 is 10.1 Å². The topological polar surface area (TPSA) is 38.3 Å². The maximum atomic E-state index is 13.9. The summed E-state index contributed by atoms with van der Waals surface area (Å²) >= 11 is 3.02. The molecule has 2 rings (SSSR count). The van der Waals surface area contributed by atoms with Crippen LogP contribution in [0.15, 0.2) is 46.9 Å². The number of carbonyl (C=O) groups is 1. The summed E-state index contributed by atoms with van der Waals surface area (Å²) in [6.07, 6.45) is -5.13. The van der Waals surface area contributed by atoms with E-state index >= 15 is 0 Å². The molecular weight excluding hydrogens is 382 g/mol. The zero-order valence-electron chi connectivity index (χ0n) is 11.5. The summed E-state index contributed by atoms with van der Waals surface area (Å²) in [6, 6.07) is 11.0. The number of carbonyl (C=O) groups excluding carboxylic acids is 1. The van der Waals surface area contributed by atoms with Crippen LogP contribution in [-0.2, 0) is 11.4 Å².